The lowest BCUT2D eigenvalue weighted by atomic mass is 9.94. The molecule has 0 bridgehead atoms. The number of aliphatic hydroxyl groups excluding tert-OH is 1. The van der Waals surface area contributed by atoms with Gasteiger partial charge in [0.05, 0.1) is 0 Å². The average molecular weight is 248 g/mol. The summed E-state index contributed by atoms with van der Waals surface area (Å²) in [5.74, 6) is 0.461. The predicted octanol–water partition coefficient (Wildman–Crippen LogP) is 1.99. The molecule has 1 aliphatic heterocycles. The molecule has 0 saturated carbocycles. The summed E-state index contributed by atoms with van der Waals surface area (Å²) in [5.41, 5.74) is 0. The molecule has 0 aliphatic carbocycles. The van der Waals surface area contributed by atoms with Crippen LogP contribution >= 0.6 is 15.9 Å². The van der Waals surface area contributed by atoms with Crippen molar-refractivity contribution in [3.05, 3.63) is 11.1 Å². The molecule has 13 heavy (non-hydrogen) atoms. The number of piperidine rings is 1. The van der Waals surface area contributed by atoms with Gasteiger partial charge in [0.2, 0.25) is 0 Å². The first-order chi connectivity index (χ1) is 6.13. The molecule has 0 aromatic carbocycles. The van der Waals surface area contributed by atoms with Crippen molar-refractivity contribution in [1.29, 1.82) is 0 Å². The summed E-state index contributed by atoms with van der Waals surface area (Å²) >= 11 is 3.38. The van der Waals surface area contributed by atoms with E-state index in [9.17, 15) is 0 Å². The Morgan fingerprint density at radius 3 is 2.85 bits per heavy atom. The molecule has 2 atom stereocenters. The van der Waals surface area contributed by atoms with Crippen LogP contribution < -0.4 is 0 Å². The summed E-state index contributed by atoms with van der Waals surface area (Å²) in [6.45, 7) is 8.31. The van der Waals surface area contributed by atoms with Gasteiger partial charge in [0, 0.05) is 30.2 Å². The summed E-state index contributed by atoms with van der Waals surface area (Å²) in [5, 5.41) is 9.07. The van der Waals surface area contributed by atoms with Crippen molar-refractivity contribution in [3.8, 4) is 0 Å². The molecule has 0 amide bonds. The van der Waals surface area contributed by atoms with Crippen LogP contribution in [0.2, 0.25) is 0 Å². The van der Waals surface area contributed by atoms with Crippen molar-refractivity contribution in [2.45, 2.75) is 25.8 Å². The van der Waals surface area contributed by atoms with E-state index in [1.54, 1.807) is 0 Å². The van der Waals surface area contributed by atoms with Gasteiger partial charge >= 0.3 is 0 Å². The molecular formula is C10H18BrNO. The van der Waals surface area contributed by atoms with Gasteiger partial charge in [-0.25, -0.2) is 0 Å². The van der Waals surface area contributed by atoms with Crippen LogP contribution in [-0.2, 0) is 0 Å². The van der Waals surface area contributed by atoms with Crippen LogP contribution in [0.5, 0.6) is 0 Å². The maximum Gasteiger partial charge on any atom is 0.0471 e. The van der Waals surface area contributed by atoms with Gasteiger partial charge in [-0.3, -0.25) is 4.90 Å². The minimum absolute atomic E-state index is 0.317. The highest BCUT2D eigenvalue weighted by Gasteiger charge is 2.24. The highest BCUT2D eigenvalue weighted by atomic mass is 79.9. The number of halogens is 1. The average Bonchev–Trinajstić information content (AvgIpc) is 2.08. The van der Waals surface area contributed by atoms with Crippen LogP contribution in [0.1, 0.15) is 19.8 Å². The zero-order valence-electron chi connectivity index (χ0n) is 8.17. The number of hydrogen-bond acceptors (Lipinski definition) is 2. The van der Waals surface area contributed by atoms with Crippen molar-refractivity contribution in [2.24, 2.45) is 5.92 Å². The quantitative estimate of drug-likeness (QED) is 0.825. The second-order valence-electron chi connectivity index (χ2n) is 3.92. The van der Waals surface area contributed by atoms with E-state index >= 15 is 0 Å². The van der Waals surface area contributed by atoms with E-state index in [0.29, 0.717) is 18.6 Å². The third-order valence-electron chi connectivity index (χ3n) is 2.74. The third-order valence-corrected chi connectivity index (χ3v) is 2.99. The summed E-state index contributed by atoms with van der Waals surface area (Å²) in [6.07, 6.45) is 2.34. The molecule has 0 spiro atoms. The van der Waals surface area contributed by atoms with Gasteiger partial charge in [0.1, 0.15) is 0 Å². The molecule has 1 saturated heterocycles. The molecule has 0 aromatic heterocycles. The number of rotatable bonds is 3. The lowest BCUT2D eigenvalue weighted by molar-refractivity contribution is 0.0919. The molecule has 1 N–H and O–H groups in total. The Balaban J connectivity index is 2.44. The monoisotopic (exact) mass is 247 g/mol. The number of nitrogens with zero attached hydrogens (tertiary/aromatic N) is 1. The highest BCUT2D eigenvalue weighted by Crippen LogP contribution is 2.22. The Morgan fingerprint density at radius 2 is 2.31 bits per heavy atom. The van der Waals surface area contributed by atoms with Gasteiger partial charge in [0.25, 0.3) is 0 Å². The highest BCUT2D eigenvalue weighted by molar-refractivity contribution is 9.11. The lowest BCUT2D eigenvalue weighted by Gasteiger charge is -2.37. The van der Waals surface area contributed by atoms with E-state index in [-0.39, 0.29) is 0 Å². The van der Waals surface area contributed by atoms with Gasteiger partial charge in [0.15, 0.2) is 0 Å². The summed E-state index contributed by atoms with van der Waals surface area (Å²) < 4.78 is 1.03. The van der Waals surface area contributed by atoms with Crippen LogP contribution in [-0.4, -0.2) is 35.7 Å². The second kappa shape index (κ2) is 5.13. The van der Waals surface area contributed by atoms with E-state index in [1.807, 2.05) is 0 Å². The smallest absolute Gasteiger partial charge is 0.0471 e. The molecule has 1 aliphatic rings. The number of likely N-dealkylation sites (tertiary alicyclic amines) is 1. The molecular weight excluding hydrogens is 230 g/mol. The van der Waals surface area contributed by atoms with Crippen molar-refractivity contribution in [1.82, 2.24) is 4.90 Å². The van der Waals surface area contributed by atoms with Gasteiger partial charge < -0.3 is 5.11 Å². The first-order valence-electron chi connectivity index (χ1n) is 4.81. The maximum absolute atomic E-state index is 9.07. The molecule has 3 heteroatoms. The van der Waals surface area contributed by atoms with Crippen LogP contribution in [0, 0.1) is 5.92 Å². The van der Waals surface area contributed by atoms with Crippen LogP contribution in [0.15, 0.2) is 11.1 Å². The Hall–Kier alpha value is 0.140. The van der Waals surface area contributed by atoms with Crippen molar-refractivity contribution in [3.63, 3.8) is 0 Å². The van der Waals surface area contributed by atoms with Crippen molar-refractivity contribution in [2.75, 3.05) is 19.7 Å². The Bertz CT molecular complexity index is 184. The normalized spacial score (nSPS) is 30.4. The molecule has 1 heterocycles. The molecule has 2 nitrogen and oxygen atoms in total. The molecule has 76 valence electrons. The third kappa shape index (κ3) is 3.41. The maximum atomic E-state index is 9.07. The van der Waals surface area contributed by atoms with Gasteiger partial charge in [-0.05, 0) is 25.7 Å². The molecule has 1 rings (SSSR count). The summed E-state index contributed by atoms with van der Waals surface area (Å²) in [7, 11) is 0. The van der Waals surface area contributed by atoms with Crippen molar-refractivity contribution < 1.29 is 5.11 Å². The molecule has 0 aromatic rings. The fraction of sp³-hybridized carbons (Fsp3) is 0.800. The first-order valence-corrected chi connectivity index (χ1v) is 5.61. The number of aliphatic hydroxyl groups is 1. The zero-order chi connectivity index (χ0) is 9.84. The zero-order valence-corrected chi connectivity index (χ0v) is 9.76. The van der Waals surface area contributed by atoms with E-state index < -0.39 is 0 Å². The fourth-order valence-electron chi connectivity index (χ4n) is 1.85. The fourth-order valence-corrected chi connectivity index (χ4v) is 2.17. The van der Waals surface area contributed by atoms with Gasteiger partial charge in [-0.2, -0.15) is 0 Å². The van der Waals surface area contributed by atoms with E-state index in [1.165, 1.54) is 6.42 Å². The largest absolute Gasteiger partial charge is 0.396 e. The van der Waals surface area contributed by atoms with Gasteiger partial charge in [-0.1, -0.05) is 22.5 Å². The molecule has 1 fully saturated rings. The minimum atomic E-state index is 0.317. The summed E-state index contributed by atoms with van der Waals surface area (Å²) in [6, 6.07) is 0.622. The van der Waals surface area contributed by atoms with Crippen molar-refractivity contribution >= 4 is 15.9 Å². The van der Waals surface area contributed by atoms with Crippen LogP contribution in [0.4, 0.5) is 0 Å². The topological polar surface area (TPSA) is 23.5 Å². The first kappa shape index (κ1) is 11.2. The van der Waals surface area contributed by atoms with E-state index in [4.69, 9.17) is 5.11 Å². The molecule has 0 radical (unpaired) electrons. The van der Waals surface area contributed by atoms with E-state index in [2.05, 4.69) is 34.3 Å². The Kier molecular flexibility index (Phi) is 4.42. The standard InChI is InChI=1S/C10H18BrNO/c1-8(11)5-12-6-10(7-13)4-3-9(12)2/h9-10,13H,1,3-7H2,2H3. The molecule has 2 unspecified atom stereocenters. The van der Waals surface area contributed by atoms with E-state index in [0.717, 1.165) is 24.0 Å². The van der Waals surface area contributed by atoms with Crippen LogP contribution in [0.3, 0.4) is 0 Å². The minimum Gasteiger partial charge on any atom is -0.396 e. The summed E-state index contributed by atoms with van der Waals surface area (Å²) in [4.78, 5) is 2.38. The second-order valence-corrected chi connectivity index (χ2v) is 5.04. The van der Waals surface area contributed by atoms with Gasteiger partial charge in [-0.15, -0.1) is 0 Å². The lowest BCUT2D eigenvalue weighted by Crippen LogP contribution is -2.43. The number of hydrogen-bond donors (Lipinski definition) is 1. The van der Waals surface area contributed by atoms with Crippen LogP contribution in [0.25, 0.3) is 0 Å². The SMILES string of the molecule is C=C(Br)CN1CC(CO)CCC1C. The Morgan fingerprint density at radius 1 is 1.62 bits per heavy atom. The predicted molar refractivity (Wildman–Crippen MR) is 58.9 cm³/mol. The Labute approximate surface area is 88.7 Å².